The molecule has 1 amide bonds. The number of aromatic nitrogens is 4. The van der Waals surface area contributed by atoms with Gasteiger partial charge in [-0.3, -0.25) is 14.2 Å². The quantitative estimate of drug-likeness (QED) is 0.323. The molecule has 1 fully saturated rings. The summed E-state index contributed by atoms with van der Waals surface area (Å²) < 4.78 is 1.59. The molecular weight excluding hydrogens is 494 g/mol. The average molecular weight is 524 g/mol. The van der Waals surface area contributed by atoms with Crippen molar-refractivity contribution in [1.82, 2.24) is 24.8 Å². The lowest BCUT2D eigenvalue weighted by Crippen LogP contribution is -2.36. The Bertz CT molecular complexity index is 1450. The summed E-state index contributed by atoms with van der Waals surface area (Å²) in [7, 11) is 0. The van der Waals surface area contributed by atoms with Crippen molar-refractivity contribution < 1.29 is 4.79 Å². The molecule has 4 rings (SSSR count). The molecule has 194 valence electrons. The van der Waals surface area contributed by atoms with Crippen molar-refractivity contribution in [2.75, 3.05) is 23.3 Å². The van der Waals surface area contributed by atoms with Gasteiger partial charge in [-0.1, -0.05) is 38.4 Å². The first-order valence-electron chi connectivity index (χ1n) is 12.1. The van der Waals surface area contributed by atoms with E-state index in [1.165, 1.54) is 0 Å². The molecule has 1 atom stereocenters. The van der Waals surface area contributed by atoms with E-state index >= 15 is 0 Å². The number of carbonyl (C=O) groups is 1. The van der Waals surface area contributed by atoms with Crippen LogP contribution in [0.1, 0.15) is 57.5 Å². The Morgan fingerprint density at radius 2 is 2.00 bits per heavy atom. The molecule has 0 aliphatic heterocycles. The van der Waals surface area contributed by atoms with Crippen LogP contribution >= 0.6 is 11.6 Å². The van der Waals surface area contributed by atoms with Crippen molar-refractivity contribution in [1.29, 1.82) is 5.26 Å². The average Bonchev–Trinajstić information content (AvgIpc) is 3.65. The van der Waals surface area contributed by atoms with Crippen LogP contribution in [0.5, 0.6) is 0 Å². The fourth-order valence-electron chi connectivity index (χ4n) is 4.08. The zero-order chi connectivity index (χ0) is 26.9. The predicted molar refractivity (Wildman–Crippen MR) is 143 cm³/mol. The molecule has 0 saturated heterocycles. The van der Waals surface area contributed by atoms with E-state index in [9.17, 15) is 14.9 Å². The SMILES string of the molecule is CC(C)(C)C(=O)NCCCn1c(C(Nc2nc(N)nc(N)c2C#N)C2CC2)nc2cccc(Cl)c2c1=O. The fraction of sp³-hybridized carbons (Fsp3) is 0.440. The minimum Gasteiger partial charge on any atom is -0.382 e. The number of nitrogens with two attached hydrogens (primary N) is 2. The van der Waals surface area contributed by atoms with Crippen LogP contribution in [0, 0.1) is 22.7 Å². The summed E-state index contributed by atoms with van der Waals surface area (Å²) in [6, 6.07) is 6.72. The van der Waals surface area contributed by atoms with Crippen LogP contribution in [0.15, 0.2) is 23.0 Å². The number of benzene rings is 1. The maximum Gasteiger partial charge on any atom is 0.262 e. The first-order chi connectivity index (χ1) is 17.5. The molecule has 37 heavy (non-hydrogen) atoms. The van der Waals surface area contributed by atoms with Gasteiger partial charge >= 0.3 is 0 Å². The summed E-state index contributed by atoms with van der Waals surface area (Å²) >= 11 is 6.39. The monoisotopic (exact) mass is 523 g/mol. The van der Waals surface area contributed by atoms with E-state index in [-0.39, 0.29) is 40.5 Å². The van der Waals surface area contributed by atoms with Gasteiger partial charge in [-0.25, -0.2) is 4.98 Å². The zero-order valence-electron chi connectivity index (χ0n) is 21.0. The maximum absolute atomic E-state index is 13.7. The number of carbonyl (C=O) groups excluding carboxylic acids is 1. The van der Waals surface area contributed by atoms with Crippen LogP contribution in [0.4, 0.5) is 17.6 Å². The Morgan fingerprint density at radius 3 is 2.65 bits per heavy atom. The molecule has 11 nitrogen and oxygen atoms in total. The number of nitrogens with one attached hydrogen (secondary N) is 2. The minimum atomic E-state index is -0.513. The topological polar surface area (TPSA) is 178 Å². The second kappa shape index (κ2) is 10.2. The van der Waals surface area contributed by atoms with Gasteiger partial charge < -0.3 is 22.1 Å². The number of amides is 1. The van der Waals surface area contributed by atoms with E-state index < -0.39 is 11.5 Å². The van der Waals surface area contributed by atoms with Crippen molar-refractivity contribution in [3.8, 4) is 6.07 Å². The Morgan fingerprint density at radius 1 is 1.27 bits per heavy atom. The first-order valence-corrected chi connectivity index (χ1v) is 12.5. The van der Waals surface area contributed by atoms with Gasteiger partial charge in [0.05, 0.1) is 22.0 Å². The second-order valence-electron chi connectivity index (χ2n) is 10.2. The van der Waals surface area contributed by atoms with Crippen LogP contribution in [-0.4, -0.2) is 32.0 Å². The van der Waals surface area contributed by atoms with E-state index in [0.29, 0.717) is 41.3 Å². The second-order valence-corrected chi connectivity index (χ2v) is 10.6. The van der Waals surface area contributed by atoms with Gasteiger partial charge in [-0.2, -0.15) is 15.2 Å². The van der Waals surface area contributed by atoms with Crippen LogP contribution in [0.2, 0.25) is 5.02 Å². The number of nitrogens with zero attached hydrogens (tertiary/aromatic N) is 5. The van der Waals surface area contributed by atoms with E-state index in [0.717, 1.165) is 12.8 Å². The molecule has 2 aromatic heterocycles. The van der Waals surface area contributed by atoms with Crippen LogP contribution in [0.3, 0.4) is 0 Å². The minimum absolute atomic E-state index is 0.0303. The molecule has 0 spiro atoms. The third-order valence-electron chi connectivity index (χ3n) is 6.22. The molecule has 1 aromatic carbocycles. The Balaban J connectivity index is 1.75. The first kappa shape index (κ1) is 26.2. The summed E-state index contributed by atoms with van der Waals surface area (Å²) in [6.07, 6.45) is 2.31. The zero-order valence-corrected chi connectivity index (χ0v) is 21.8. The number of rotatable bonds is 8. The number of hydrogen-bond donors (Lipinski definition) is 4. The normalized spacial score (nSPS) is 14.2. The van der Waals surface area contributed by atoms with Gasteiger partial charge in [-0.15, -0.1) is 0 Å². The maximum atomic E-state index is 13.7. The van der Waals surface area contributed by atoms with Gasteiger partial charge in [0.2, 0.25) is 11.9 Å². The van der Waals surface area contributed by atoms with Gasteiger partial charge in [-0.05, 0) is 37.3 Å². The molecule has 0 radical (unpaired) electrons. The molecular formula is C25H30ClN9O2. The van der Waals surface area contributed by atoms with Gasteiger partial charge in [0, 0.05) is 18.5 Å². The molecule has 1 unspecified atom stereocenters. The molecule has 1 aliphatic rings. The molecule has 12 heteroatoms. The largest absolute Gasteiger partial charge is 0.382 e. The predicted octanol–water partition coefficient (Wildman–Crippen LogP) is 2.99. The summed E-state index contributed by atoms with van der Waals surface area (Å²) in [4.78, 5) is 38.9. The lowest BCUT2D eigenvalue weighted by atomic mass is 9.96. The van der Waals surface area contributed by atoms with Crippen molar-refractivity contribution in [2.45, 2.75) is 52.6 Å². The number of nitrogen functional groups attached to an aromatic ring is 2. The van der Waals surface area contributed by atoms with E-state index in [2.05, 4.69) is 20.6 Å². The number of anilines is 3. The van der Waals surface area contributed by atoms with Gasteiger partial charge in [0.15, 0.2) is 5.82 Å². The lowest BCUT2D eigenvalue weighted by Gasteiger charge is -2.24. The third-order valence-corrected chi connectivity index (χ3v) is 6.53. The fourth-order valence-corrected chi connectivity index (χ4v) is 4.33. The van der Waals surface area contributed by atoms with E-state index in [1.54, 1.807) is 22.8 Å². The van der Waals surface area contributed by atoms with Crippen LogP contribution in [0.25, 0.3) is 10.9 Å². The molecule has 1 saturated carbocycles. The van der Waals surface area contributed by atoms with Gasteiger partial charge in [0.25, 0.3) is 5.56 Å². The van der Waals surface area contributed by atoms with Crippen molar-refractivity contribution in [3.05, 3.63) is 45.0 Å². The molecule has 3 aromatic rings. The Kier molecular flexibility index (Phi) is 7.23. The standard InChI is InChI=1S/C25H30ClN9O2/c1-25(2,3)23(37)30-10-5-11-35-21(31-16-7-4-6-15(26)17(16)22(35)36)18(13-8-9-13)32-20-14(12-27)19(28)33-24(29)34-20/h4,6-7,13,18H,5,8-11H2,1-3H3,(H,30,37)(H5,28,29,32,33,34). The highest BCUT2D eigenvalue weighted by atomic mass is 35.5. The highest BCUT2D eigenvalue weighted by molar-refractivity contribution is 6.35. The van der Waals surface area contributed by atoms with Crippen molar-refractivity contribution >= 4 is 46.0 Å². The Labute approximate surface area is 219 Å². The Hall–Kier alpha value is -3.91. The lowest BCUT2D eigenvalue weighted by molar-refractivity contribution is -0.128. The number of fused-ring (bicyclic) bond motifs is 1. The van der Waals surface area contributed by atoms with E-state index in [1.807, 2.05) is 26.8 Å². The highest BCUT2D eigenvalue weighted by Gasteiger charge is 2.37. The van der Waals surface area contributed by atoms with Crippen molar-refractivity contribution in [3.63, 3.8) is 0 Å². The molecule has 2 heterocycles. The number of halogens is 1. The third kappa shape index (κ3) is 5.59. The smallest absolute Gasteiger partial charge is 0.262 e. The number of hydrogen-bond acceptors (Lipinski definition) is 9. The highest BCUT2D eigenvalue weighted by Crippen LogP contribution is 2.43. The molecule has 0 bridgehead atoms. The van der Waals surface area contributed by atoms with Crippen LogP contribution < -0.4 is 27.7 Å². The van der Waals surface area contributed by atoms with Gasteiger partial charge in [0.1, 0.15) is 23.3 Å². The summed E-state index contributed by atoms with van der Waals surface area (Å²) in [6.45, 7) is 6.22. The number of nitriles is 1. The summed E-state index contributed by atoms with van der Waals surface area (Å²) in [5, 5.41) is 16.5. The van der Waals surface area contributed by atoms with Crippen molar-refractivity contribution in [2.24, 2.45) is 11.3 Å². The van der Waals surface area contributed by atoms with Crippen LogP contribution in [-0.2, 0) is 11.3 Å². The summed E-state index contributed by atoms with van der Waals surface area (Å²) in [5.41, 5.74) is 11.5. The molecule has 1 aliphatic carbocycles. The van der Waals surface area contributed by atoms with E-state index in [4.69, 9.17) is 28.1 Å². The molecule has 6 N–H and O–H groups in total. The summed E-state index contributed by atoms with van der Waals surface area (Å²) in [5.74, 6) is 0.661.